The minimum atomic E-state index is -1.07. The molecule has 0 heterocycles. The zero-order chi connectivity index (χ0) is 16.0. The Balaban J connectivity index is 2.87. The predicted molar refractivity (Wildman–Crippen MR) is 78.3 cm³/mol. The molecule has 21 heavy (non-hydrogen) atoms. The van der Waals surface area contributed by atoms with Gasteiger partial charge in [0.05, 0.1) is 11.5 Å². The number of hydrogen-bond donors (Lipinski definition) is 3. The first-order valence-electron chi connectivity index (χ1n) is 6.67. The van der Waals surface area contributed by atoms with E-state index >= 15 is 0 Å². The van der Waals surface area contributed by atoms with Gasteiger partial charge in [-0.2, -0.15) is 0 Å². The van der Waals surface area contributed by atoms with Crippen LogP contribution in [0.25, 0.3) is 0 Å². The third-order valence-electron chi connectivity index (χ3n) is 2.69. The van der Waals surface area contributed by atoms with E-state index in [0.717, 1.165) is 5.56 Å². The second-order valence-electron chi connectivity index (χ2n) is 5.81. The number of nitrogens with zero attached hydrogens (tertiary/aromatic N) is 1. The van der Waals surface area contributed by atoms with E-state index in [1.165, 1.54) is 6.07 Å². The van der Waals surface area contributed by atoms with Crippen molar-refractivity contribution in [3.8, 4) is 5.75 Å². The van der Waals surface area contributed by atoms with Crippen molar-refractivity contribution < 1.29 is 19.9 Å². The normalized spacial score (nSPS) is 13.0. The van der Waals surface area contributed by atoms with Crippen molar-refractivity contribution in [3.05, 3.63) is 33.9 Å². The highest BCUT2D eigenvalue weighted by atomic mass is 16.6. The van der Waals surface area contributed by atoms with Crippen LogP contribution in [0.1, 0.15) is 26.3 Å². The molecular weight excluding hydrogens is 276 g/mol. The highest BCUT2D eigenvalue weighted by molar-refractivity contribution is 5.48. The van der Waals surface area contributed by atoms with Gasteiger partial charge in [-0.3, -0.25) is 10.1 Å². The van der Waals surface area contributed by atoms with Gasteiger partial charge in [0.15, 0.2) is 5.75 Å². The third-order valence-corrected chi connectivity index (χ3v) is 2.69. The molecule has 118 valence electrons. The van der Waals surface area contributed by atoms with Crippen LogP contribution in [0, 0.1) is 10.1 Å². The summed E-state index contributed by atoms with van der Waals surface area (Å²) in [5.74, 6) is 0.0840. The second-order valence-corrected chi connectivity index (χ2v) is 5.81. The Labute approximate surface area is 123 Å². The maximum absolute atomic E-state index is 11.0. The Bertz CT molecular complexity index is 485. The maximum Gasteiger partial charge on any atom is 0.310 e. The molecule has 1 rings (SSSR count). The quantitative estimate of drug-likeness (QED) is 0.516. The van der Waals surface area contributed by atoms with E-state index < -0.39 is 17.6 Å². The molecule has 0 aliphatic rings. The van der Waals surface area contributed by atoms with Crippen LogP contribution in [0.4, 0.5) is 5.69 Å². The van der Waals surface area contributed by atoms with Gasteiger partial charge in [-0.15, -0.1) is 0 Å². The van der Waals surface area contributed by atoms with Crippen LogP contribution < -0.4 is 10.1 Å². The van der Waals surface area contributed by atoms with Gasteiger partial charge in [0.2, 0.25) is 0 Å². The van der Waals surface area contributed by atoms with E-state index in [0.29, 0.717) is 6.54 Å². The molecule has 7 heteroatoms. The molecule has 1 aromatic carbocycles. The Morgan fingerprint density at radius 3 is 2.62 bits per heavy atom. The molecule has 0 spiro atoms. The third kappa shape index (κ3) is 6.07. The average molecular weight is 298 g/mol. The van der Waals surface area contributed by atoms with Crippen LogP contribution in [0.15, 0.2) is 18.2 Å². The lowest BCUT2D eigenvalue weighted by atomic mass is 10.1. The summed E-state index contributed by atoms with van der Waals surface area (Å²) in [6.45, 7) is 5.95. The summed E-state index contributed by atoms with van der Waals surface area (Å²) in [5, 5.41) is 32.3. The standard InChI is InChI=1S/C14H22N2O5/c1-14(2,3)15-7-10-4-5-12(16(19)20)13(6-10)21-9-11(18)8-17/h4-6,11,15,17-18H,7-9H2,1-3H3. The molecule has 0 bridgehead atoms. The summed E-state index contributed by atoms with van der Waals surface area (Å²) in [6.07, 6.45) is -1.07. The van der Waals surface area contributed by atoms with Crippen molar-refractivity contribution in [1.29, 1.82) is 0 Å². The van der Waals surface area contributed by atoms with Gasteiger partial charge in [0.1, 0.15) is 12.7 Å². The molecule has 0 aromatic heterocycles. The fourth-order valence-corrected chi connectivity index (χ4v) is 1.54. The van der Waals surface area contributed by atoms with Crippen molar-refractivity contribution in [2.75, 3.05) is 13.2 Å². The van der Waals surface area contributed by atoms with Crippen molar-refractivity contribution in [2.24, 2.45) is 0 Å². The van der Waals surface area contributed by atoms with Crippen molar-refractivity contribution in [1.82, 2.24) is 5.32 Å². The maximum atomic E-state index is 11.0. The smallest absolute Gasteiger partial charge is 0.310 e. The molecule has 1 unspecified atom stereocenters. The van der Waals surface area contributed by atoms with Gasteiger partial charge in [0, 0.05) is 18.2 Å². The van der Waals surface area contributed by atoms with E-state index in [1.54, 1.807) is 12.1 Å². The van der Waals surface area contributed by atoms with Gasteiger partial charge in [-0.1, -0.05) is 6.07 Å². The summed E-state index contributed by atoms with van der Waals surface area (Å²) in [6, 6.07) is 4.60. The molecule has 0 aliphatic carbocycles. The number of hydrogen-bond acceptors (Lipinski definition) is 6. The number of benzene rings is 1. The predicted octanol–water partition coefficient (Wildman–Crippen LogP) is 1.21. The molecular formula is C14H22N2O5. The molecule has 1 atom stereocenters. The van der Waals surface area contributed by atoms with Gasteiger partial charge >= 0.3 is 5.69 Å². The zero-order valence-corrected chi connectivity index (χ0v) is 12.5. The zero-order valence-electron chi connectivity index (χ0n) is 12.5. The summed E-state index contributed by atoms with van der Waals surface area (Å²) >= 11 is 0. The molecule has 0 radical (unpaired) electrons. The first kappa shape index (κ1) is 17.4. The Hall–Kier alpha value is -1.70. The molecule has 0 saturated carbocycles. The van der Waals surface area contributed by atoms with Crippen LogP contribution >= 0.6 is 0 Å². The number of aliphatic hydroxyl groups excluding tert-OH is 2. The molecule has 3 N–H and O–H groups in total. The van der Waals surface area contributed by atoms with Crippen LogP contribution in [-0.4, -0.2) is 40.0 Å². The number of aliphatic hydroxyl groups is 2. The van der Waals surface area contributed by atoms with E-state index in [-0.39, 0.29) is 23.6 Å². The lowest BCUT2D eigenvalue weighted by molar-refractivity contribution is -0.385. The number of rotatable bonds is 7. The SMILES string of the molecule is CC(C)(C)NCc1ccc([N+](=O)[O-])c(OCC(O)CO)c1. The van der Waals surface area contributed by atoms with E-state index in [2.05, 4.69) is 5.32 Å². The minimum Gasteiger partial charge on any atom is -0.484 e. The Morgan fingerprint density at radius 2 is 2.10 bits per heavy atom. The number of ether oxygens (including phenoxy) is 1. The molecule has 0 aliphatic heterocycles. The molecule has 1 aromatic rings. The van der Waals surface area contributed by atoms with Crippen molar-refractivity contribution in [2.45, 2.75) is 39.0 Å². The topological polar surface area (TPSA) is 105 Å². The van der Waals surface area contributed by atoms with Gasteiger partial charge in [-0.25, -0.2) is 0 Å². The summed E-state index contributed by atoms with van der Waals surface area (Å²) < 4.78 is 5.24. The lowest BCUT2D eigenvalue weighted by Gasteiger charge is -2.20. The first-order valence-corrected chi connectivity index (χ1v) is 6.67. The Morgan fingerprint density at radius 1 is 1.43 bits per heavy atom. The van der Waals surface area contributed by atoms with Gasteiger partial charge in [0.25, 0.3) is 0 Å². The van der Waals surface area contributed by atoms with E-state index in [9.17, 15) is 15.2 Å². The molecule has 0 saturated heterocycles. The van der Waals surface area contributed by atoms with E-state index in [4.69, 9.17) is 9.84 Å². The van der Waals surface area contributed by atoms with Crippen molar-refractivity contribution >= 4 is 5.69 Å². The van der Waals surface area contributed by atoms with Gasteiger partial charge < -0.3 is 20.3 Å². The highest BCUT2D eigenvalue weighted by Gasteiger charge is 2.17. The first-order chi connectivity index (χ1) is 9.73. The van der Waals surface area contributed by atoms with Crippen LogP contribution in [-0.2, 0) is 6.54 Å². The fourth-order valence-electron chi connectivity index (χ4n) is 1.54. The molecule has 7 nitrogen and oxygen atoms in total. The fraction of sp³-hybridized carbons (Fsp3) is 0.571. The summed E-state index contributed by atoms with van der Waals surface area (Å²) in [7, 11) is 0. The summed E-state index contributed by atoms with van der Waals surface area (Å²) in [5.41, 5.74) is 0.597. The van der Waals surface area contributed by atoms with Crippen molar-refractivity contribution in [3.63, 3.8) is 0 Å². The molecule has 0 amide bonds. The monoisotopic (exact) mass is 298 g/mol. The Kier molecular flexibility index (Phi) is 6.07. The average Bonchev–Trinajstić information content (AvgIpc) is 2.41. The largest absolute Gasteiger partial charge is 0.484 e. The van der Waals surface area contributed by atoms with Crippen LogP contribution in [0.5, 0.6) is 5.75 Å². The minimum absolute atomic E-state index is 0.0735. The van der Waals surface area contributed by atoms with E-state index in [1.807, 2.05) is 20.8 Å². The number of nitro benzene ring substituents is 1. The van der Waals surface area contributed by atoms with Crippen LogP contribution in [0.3, 0.4) is 0 Å². The second kappa shape index (κ2) is 7.35. The van der Waals surface area contributed by atoms with Gasteiger partial charge in [-0.05, 0) is 32.4 Å². The lowest BCUT2D eigenvalue weighted by Crippen LogP contribution is -2.35. The van der Waals surface area contributed by atoms with Crippen LogP contribution in [0.2, 0.25) is 0 Å². The molecule has 0 fully saturated rings. The highest BCUT2D eigenvalue weighted by Crippen LogP contribution is 2.28. The number of nitrogens with one attached hydrogen (secondary N) is 1. The summed E-state index contributed by atoms with van der Waals surface area (Å²) in [4.78, 5) is 10.4. The number of nitro groups is 1.